The van der Waals surface area contributed by atoms with Crippen molar-refractivity contribution in [3.05, 3.63) is 71.9 Å². The Morgan fingerprint density at radius 3 is 2.67 bits per heavy atom. The van der Waals surface area contributed by atoms with Crippen molar-refractivity contribution in [3.63, 3.8) is 0 Å². The standard InChI is InChI=1S/C23H24N2O2/c26-15-23(13-16-6-2-1-3-7-16)14-18-10-11-21(23)25(18)22(27)20-12-17-8-4-5-9-19(17)24-20/h1-9,12,18,21,24,26H,10-11,13-15H2/t18-,21+,23-/m1/s1. The molecule has 1 aromatic heterocycles. The highest BCUT2D eigenvalue weighted by atomic mass is 16.3. The summed E-state index contributed by atoms with van der Waals surface area (Å²) in [6.07, 6.45) is 3.72. The van der Waals surface area contributed by atoms with Gasteiger partial charge in [0, 0.05) is 28.4 Å². The lowest BCUT2D eigenvalue weighted by molar-refractivity contribution is 0.0567. The number of nitrogens with zero attached hydrogens (tertiary/aromatic N) is 1. The molecule has 0 spiro atoms. The number of para-hydroxylation sites is 1. The lowest BCUT2D eigenvalue weighted by Gasteiger charge is -2.36. The fraction of sp³-hybridized carbons (Fsp3) is 0.348. The van der Waals surface area contributed by atoms with Crippen molar-refractivity contribution < 1.29 is 9.90 Å². The van der Waals surface area contributed by atoms with Crippen LogP contribution in [-0.2, 0) is 6.42 Å². The molecule has 138 valence electrons. The lowest BCUT2D eigenvalue weighted by Crippen LogP contribution is -2.44. The van der Waals surface area contributed by atoms with E-state index in [2.05, 4.69) is 22.0 Å². The summed E-state index contributed by atoms with van der Waals surface area (Å²) < 4.78 is 0. The zero-order valence-electron chi connectivity index (χ0n) is 15.3. The summed E-state index contributed by atoms with van der Waals surface area (Å²) in [6, 6.07) is 20.6. The van der Waals surface area contributed by atoms with Gasteiger partial charge in [-0.05, 0) is 43.4 Å². The maximum Gasteiger partial charge on any atom is 0.270 e. The number of H-pyrrole nitrogens is 1. The number of rotatable bonds is 4. The van der Waals surface area contributed by atoms with Gasteiger partial charge in [0.25, 0.3) is 5.91 Å². The smallest absolute Gasteiger partial charge is 0.270 e. The number of aliphatic hydroxyl groups is 1. The van der Waals surface area contributed by atoms with Gasteiger partial charge in [0.2, 0.25) is 0 Å². The number of hydrogen-bond acceptors (Lipinski definition) is 2. The minimum absolute atomic E-state index is 0.0714. The SMILES string of the molecule is O=C(c1cc2ccccc2[nH]1)N1[C@@H]2CC[C@H]1[C@](CO)(Cc1ccccc1)C2. The summed E-state index contributed by atoms with van der Waals surface area (Å²) in [6.45, 7) is 0.125. The first kappa shape index (κ1) is 16.6. The summed E-state index contributed by atoms with van der Waals surface area (Å²) in [5, 5.41) is 11.4. The third-order valence-electron chi connectivity index (χ3n) is 6.56. The van der Waals surface area contributed by atoms with E-state index < -0.39 is 0 Å². The van der Waals surface area contributed by atoms with Crippen molar-refractivity contribution in [1.82, 2.24) is 9.88 Å². The highest BCUT2D eigenvalue weighted by molar-refractivity contribution is 5.98. The second-order valence-electron chi connectivity index (χ2n) is 8.12. The van der Waals surface area contributed by atoms with Gasteiger partial charge in [-0.25, -0.2) is 0 Å². The van der Waals surface area contributed by atoms with Crippen molar-refractivity contribution >= 4 is 16.8 Å². The minimum Gasteiger partial charge on any atom is -0.396 e. The Kier molecular flexibility index (Phi) is 3.83. The van der Waals surface area contributed by atoms with Crippen molar-refractivity contribution in [2.45, 2.75) is 37.8 Å². The molecule has 0 unspecified atom stereocenters. The molecule has 2 aliphatic heterocycles. The van der Waals surface area contributed by atoms with E-state index >= 15 is 0 Å². The first-order valence-corrected chi connectivity index (χ1v) is 9.75. The van der Waals surface area contributed by atoms with Gasteiger partial charge >= 0.3 is 0 Å². The zero-order valence-corrected chi connectivity index (χ0v) is 15.3. The van der Waals surface area contributed by atoms with Gasteiger partial charge in [0.05, 0.1) is 6.61 Å². The number of fused-ring (bicyclic) bond motifs is 3. The summed E-state index contributed by atoms with van der Waals surface area (Å²) in [7, 11) is 0. The van der Waals surface area contributed by atoms with E-state index in [-0.39, 0.29) is 30.0 Å². The molecule has 2 saturated heterocycles. The number of carbonyl (C=O) groups excluding carboxylic acids is 1. The van der Waals surface area contributed by atoms with Crippen molar-refractivity contribution in [2.24, 2.45) is 5.41 Å². The largest absolute Gasteiger partial charge is 0.396 e. The Hall–Kier alpha value is -2.59. The zero-order chi connectivity index (χ0) is 18.4. The Balaban J connectivity index is 1.46. The molecule has 0 aliphatic carbocycles. The first-order valence-electron chi connectivity index (χ1n) is 9.75. The fourth-order valence-electron chi connectivity index (χ4n) is 5.34. The number of hydrogen-bond donors (Lipinski definition) is 2. The molecule has 4 heteroatoms. The molecular weight excluding hydrogens is 336 g/mol. The second-order valence-corrected chi connectivity index (χ2v) is 8.12. The number of aromatic amines is 1. The van der Waals surface area contributed by atoms with Crippen LogP contribution in [0.5, 0.6) is 0 Å². The van der Waals surface area contributed by atoms with Gasteiger partial charge in [-0.1, -0.05) is 48.5 Å². The van der Waals surface area contributed by atoms with Crippen LogP contribution in [0, 0.1) is 5.41 Å². The van der Waals surface area contributed by atoms with E-state index in [9.17, 15) is 9.90 Å². The molecule has 2 fully saturated rings. The predicted molar refractivity (Wildman–Crippen MR) is 106 cm³/mol. The van der Waals surface area contributed by atoms with E-state index in [1.807, 2.05) is 48.5 Å². The van der Waals surface area contributed by atoms with Gasteiger partial charge in [-0.15, -0.1) is 0 Å². The molecule has 3 atom stereocenters. The van der Waals surface area contributed by atoms with Gasteiger partial charge < -0.3 is 15.0 Å². The second kappa shape index (κ2) is 6.24. The molecule has 2 aromatic carbocycles. The van der Waals surface area contributed by atoms with Crippen LogP contribution in [-0.4, -0.2) is 39.6 Å². The van der Waals surface area contributed by atoms with Crippen molar-refractivity contribution in [3.8, 4) is 0 Å². The normalized spacial score (nSPS) is 26.8. The Morgan fingerprint density at radius 2 is 1.89 bits per heavy atom. The third kappa shape index (κ3) is 2.59. The number of carbonyl (C=O) groups is 1. The Labute approximate surface area is 158 Å². The van der Waals surface area contributed by atoms with Gasteiger partial charge in [-0.3, -0.25) is 4.79 Å². The van der Waals surface area contributed by atoms with Crippen molar-refractivity contribution in [1.29, 1.82) is 0 Å². The van der Waals surface area contributed by atoms with Crippen LogP contribution < -0.4 is 0 Å². The van der Waals surface area contributed by atoms with E-state index in [4.69, 9.17) is 0 Å². The molecule has 2 N–H and O–H groups in total. The molecular formula is C23H24N2O2. The average molecular weight is 360 g/mol. The van der Waals surface area contributed by atoms with Crippen LogP contribution in [0.3, 0.4) is 0 Å². The fourth-order valence-corrected chi connectivity index (χ4v) is 5.34. The number of amides is 1. The van der Waals surface area contributed by atoms with Gasteiger partial charge in [0.15, 0.2) is 0 Å². The molecule has 4 nitrogen and oxygen atoms in total. The Morgan fingerprint density at radius 1 is 1.11 bits per heavy atom. The molecule has 0 saturated carbocycles. The van der Waals surface area contributed by atoms with E-state index in [1.54, 1.807) is 0 Å². The highest BCUT2D eigenvalue weighted by Gasteiger charge is 2.57. The van der Waals surface area contributed by atoms with Gasteiger partial charge in [-0.2, -0.15) is 0 Å². The molecule has 3 heterocycles. The van der Waals surface area contributed by atoms with E-state index in [1.165, 1.54) is 5.56 Å². The summed E-state index contributed by atoms with van der Waals surface area (Å²) in [5.74, 6) is 0.0714. The molecule has 0 radical (unpaired) electrons. The van der Waals surface area contributed by atoms with Crippen LogP contribution in [0.25, 0.3) is 10.9 Å². The first-order chi connectivity index (χ1) is 13.2. The Bertz CT molecular complexity index is 947. The summed E-state index contributed by atoms with van der Waals surface area (Å²) in [5.41, 5.74) is 2.65. The summed E-state index contributed by atoms with van der Waals surface area (Å²) in [4.78, 5) is 18.7. The lowest BCUT2D eigenvalue weighted by atomic mass is 9.70. The number of benzene rings is 2. The number of aliphatic hydroxyl groups excluding tert-OH is 1. The molecule has 2 aliphatic rings. The topological polar surface area (TPSA) is 56.3 Å². The van der Waals surface area contributed by atoms with Crippen LogP contribution in [0.2, 0.25) is 0 Å². The van der Waals surface area contributed by atoms with Crippen LogP contribution >= 0.6 is 0 Å². The summed E-state index contributed by atoms with van der Waals surface area (Å²) >= 11 is 0. The maximum atomic E-state index is 13.3. The van der Waals surface area contributed by atoms with Crippen LogP contribution in [0.1, 0.15) is 35.3 Å². The monoisotopic (exact) mass is 360 g/mol. The maximum absolute atomic E-state index is 13.3. The van der Waals surface area contributed by atoms with E-state index in [0.717, 1.165) is 36.6 Å². The van der Waals surface area contributed by atoms with Crippen LogP contribution in [0.15, 0.2) is 60.7 Å². The average Bonchev–Trinajstić information content (AvgIpc) is 3.39. The molecule has 3 aromatic rings. The number of nitrogens with one attached hydrogen (secondary N) is 1. The minimum atomic E-state index is -0.230. The van der Waals surface area contributed by atoms with E-state index in [0.29, 0.717) is 5.69 Å². The van der Waals surface area contributed by atoms with Crippen molar-refractivity contribution in [2.75, 3.05) is 6.61 Å². The van der Waals surface area contributed by atoms with Crippen LogP contribution in [0.4, 0.5) is 0 Å². The molecule has 5 rings (SSSR count). The van der Waals surface area contributed by atoms with Gasteiger partial charge in [0.1, 0.15) is 5.69 Å². The highest BCUT2D eigenvalue weighted by Crippen LogP contribution is 2.51. The molecule has 1 amide bonds. The molecule has 27 heavy (non-hydrogen) atoms. The molecule has 2 bridgehead atoms. The quantitative estimate of drug-likeness (QED) is 0.744. The number of aromatic nitrogens is 1. The predicted octanol–water partition coefficient (Wildman–Crippen LogP) is 3.77. The third-order valence-corrected chi connectivity index (χ3v) is 6.56.